The Labute approximate surface area is 134 Å². The summed E-state index contributed by atoms with van der Waals surface area (Å²) in [4.78, 5) is 13.1. The van der Waals surface area contributed by atoms with E-state index in [4.69, 9.17) is 4.52 Å². The molecule has 0 radical (unpaired) electrons. The van der Waals surface area contributed by atoms with Crippen molar-refractivity contribution >= 4 is 28.9 Å². The molecule has 0 aliphatic carbocycles. The van der Waals surface area contributed by atoms with Gasteiger partial charge in [0.05, 0.1) is 4.88 Å². The summed E-state index contributed by atoms with van der Waals surface area (Å²) in [5, 5.41) is 17.7. The van der Waals surface area contributed by atoms with E-state index in [1.54, 1.807) is 29.1 Å². The van der Waals surface area contributed by atoms with Gasteiger partial charge >= 0.3 is 0 Å². The fraction of sp³-hybridized carbons (Fsp3) is 0.308. The van der Waals surface area contributed by atoms with Crippen LogP contribution in [0, 0.1) is 0 Å². The van der Waals surface area contributed by atoms with Gasteiger partial charge in [0.15, 0.2) is 11.5 Å². The van der Waals surface area contributed by atoms with Gasteiger partial charge in [-0.15, -0.1) is 16.4 Å². The van der Waals surface area contributed by atoms with E-state index in [1.807, 2.05) is 17.5 Å². The van der Waals surface area contributed by atoms with Crippen LogP contribution < -0.4 is 0 Å². The van der Waals surface area contributed by atoms with E-state index in [2.05, 4.69) is 20.7 Å². The van der Waals surface area contributed by atoms with Crippen LogP contribution in [0.4, 0.5) is 0 Å². The smallest absolute Gasteiger partial charge is 0.209 e. The van der Waals surface area contributed by atoms with Crippen LogP contribution in [0.15, 0.2) is 33.3 Å². The van der Waals surface area contributed by atoms with Crippen molar-refractivity contribution < 1.29 is 9.32 Å². The van der Waals surface area contributed by atoms with Gasteiger partial charge in [-0.1, -0.05) is 23.0 Å². The lowest BCUT2D eigenvalue weighted by Gasteiger charge is -1.98. The zero-order chi connectivity index (χ0) is 15.4. The number of Topliss-reactive ketones (excluding diaryl/α,β-unsaturated/α-hetero) is 1. The Morgan fingerprint density at radius 3 is 3.14 bits per heavy atom. The normalized spacial score (nSPS) is 11.0. The van der Waals surface area contributed by atoms with E-state index in [0.29, 0.717) is 17.9 Å². The van der Waals surface area contributed by atoms with Gasteiger partial charge < -0.3 is 4.52 Å². The first kappa shape index (κ1) is 14.9. The molecule has 3 aromatic heterocycles. The van der Waals surface area contributed by atoms with Crippen molar-refractivity contribution in [2.45, 2.75) is 18.0 Å². The Balaban J connectivity index is 1.49. The molecule has 0 amide bonds. The summed E-state index contributed by atoms with van der Waals surface area (Å²) < 4.78 is 6.82. The van der Waals surface area contributed by atoms with Gasteiger partial charge in [0.25, 0.3) is 0 Å². The topological polar surface area (TPSA) is 86.7 Å². The molecule has 0 unspecified atom stereocenters. The Kier molecular flexibility index (Phi) is 4.64. The predicted octanol–water partition coefficient (Wildman–Crippen LogP) is 2.68. The quantitative estimate of drug-likeness (QED) is 0.373. The molecular formula is C13H13N5O2S2. The molecule has 3 rings (SSSR count). The van der Waals surface area contributed by atoms with Gasteiger partial charge in [-0.05, 0) is 28.3 Å². The van der Waals surface area contributed by atoms with E-state index >= 15 is 0 Å². The van der Waals surface area contributed by atoms with Crippen molar-refractivity contribution in [1.82, 2.24) is 25.4 Å². The molecule has 0 fully saturated rings. The van der Waals surface area contributed by atoms with Crippen LogP contribution in [0.2, 0.25) is 0 Å². The zero-order valence-electron chi connectivity index (χ0n) is 11.8. The second-order valence-corrected chi connectivity index (χ2v) is 6.52. The molecule has 0 aliphatic rings. The van der Waals surface area contributed by atoms with Gasteiger partial charge in [-0.2, -0.15) is 0 Å². The molecule has 0 aliphatic heterocycles. The molecule has 0 spiro atoms. The number of thiophene rings is 1. The van der Waals surface area contributed by atoms with E-state index in [0.717, 1.165) is 22.2 Å². The van der Waals surface area contributed by atoms with Crippen LogP contribution in [0.25, 0.3) is 10.6 Å². The molecule has 0 N–H and O–H groups in total. The SMILES string of the molecule is Cn1nnnc1SCCCC(=O)c1cc(-c2cccs2)on1. The molecule has 7 nitrogen and oxygen atoms in total. The van der Waals surface area contributed by atoms with Gasteiger partial charge in [-0.25, -0.2) is 4.68 Å². The molecule has 3 aromatic rings. The maximum absolute atomic E-state index is 12.1. The minimum atomic E-state index is -0.0109. The molecule has 0 atom stereocenters. The first-order chi connectivity index (χ1) is 10.7. The molecule has 9 heteroatoms. The van der Waals surface area contributed by atoms with Gasteiger partial charge in [-0.3, -0.25) is 4.79 Å². The van der Waals surface area contributed by atoms with E-state index < -0.39 is 0 Å². The standard InChI is InChI=1S/C13H13N5O2S2/c1-18-13(14-16-17-18)22-7-2-4-10(19)9-8-11(20-15-9)12-5-3-6-21-12/h3,5-6,8H,2,4,7H2,1H3. The maximum atomic E-state index is 12.1. The van der Waals surface area contributed by atoms with Crippen molar-refractivity contribution in [1.29, 1.82) is 0 Å². The summed E-state index contributed by atoms with van der Waals surface area (Å²) in [6, 6.07) is 5.57. The number of aromatic nitrogens is 5. The molecule has 0 aromatic carbocycles. The highest BCUT2D eigenvalue weighted by Crippen LogP contribution is 2.25. The summed E-state index contributed by atoms with van der Waals surface area (Å²) >= 11 is 3.08. The lowest BCUT2D eigenvalue weighted by molar-refractivity contribution is 0.0973. The molecule has 0 saturated carbocycles. The van der Waals surface area contributed by atoms with Crippen molar-refractivity contribution in [3.8, 4) is 10.6 Å². The first-order valence-corrected chi connectivity index (χ1v) is 8.49. The fourth-order valence-electron chi connectivity index (χ4n) is 1.81. The molecule has 114 valence electrons. The van der Waals surface area contributed by atoms with Gasteiger partial charge in [0.2, 0.25) is 5.16 Å². The lowest BCUT2D eigenvalue weighted by Crippen LogP contribution is -2.00. The second-order valence-electron chi connectivity index (χ2n) is 4.51. The van der Waals surface area contributed by atoms with Crippen LogP contribution in [0.5, 0.6) is 0 Å². The molecule has 22 heavy (non-hydrogen) atoms. The number of nitrogens with zero attached hydrogens (tertiary/aromatic N) is 5. The third-order valence-electron chi connectivity index (χ3n) is 2.92. The van der Waals surface area contributed by atoms with Crippen molar-refractivity contribution in [3.63, 3.8) is 0 Å². The maximum Gasteiger partial charge on any atom is 0.209 e. The molecule has 0 bridgehead atoms. The van der Waals surface area contributed by atoms with E-state index in [-0.39, 0.29) is 5.78 Å². The monoisotopic (exact) mass is 335 g/mol. The number of hydrogen-bond acceptors (Lipinski definition) is 8. The number of ketones is 1. The third kappa shape index (κ3) is 3.42. The minimum Gasteiger partial charge on any atom is -0.355 e. The van der Waals surface area contributed by atoms with Crippen LogP contribution in [-0.4, -0.2) is 36.9 Å². The Bertz CT molecular complexity index is 750. The van der Waals surface area contributed by atoms with Gasteiger partial charge in [0.1, 0.15) is 5.69 Å². The number of thioether (sulfide) groups is 1. The number of hydrogen-bond donors (Lipinski definition) is 0. The average Bonchev–Trinajstić information content (AvgIpc) is 3.24. The zero-order valence-corrected chi connectivity index (χ0v) is 13.4. The highest BCUT2D eigenvalue weighted by molar-refractivity contribution is 7.99. The second kappa shape index (κ2) is 6.84. The number of aryl methyl sites for hydroxylation is 1. The lowest BCUT2D eigenvalue weighted by atomic mass is 10.2. The fourth-order valence-corrected chi connectivity index (χ4v) is 3.27. The highest BCUT2D eigenvalue weighted by Gasteiger charge is 2.14. The van der Waals surface area contributed by atoms with Crippen LogP contribution in [0.1, 0.15) is 23.3 Å². The average molecular weight is 335 g/mol. The van der Waals surface area contributed by atoms with Gasteiger partial charge in [0, 0.05) is 25.3 Å². The van der Waals surface area contributed by atoms with Crippen molar-refractivity contribution in [3.05, 3.63) is 29.3 Å². The van der Waals surface area contributed by atoms with E-state index in [9.17, 15) is 4.79 Å². The predicted molar refractivity (Wildman–Crippen MR) is 82.9 cm³/mol. The summed E-state index contributed by atoms with van der Waals surface area (Å²) in [5.74, 6) is 1.40. The Morgan fingerprint density at radius 1 is 1.50 bits per heavy atom. The third-order valence-corrected chi connectivity index (χ3v) is 4.90. The first-order valence-electron chi connectivity index (χ1n) is 6.63. The summed E-state index contributed by atoms with van der Waals surface area (Å²) in [6.45, 7) is 0. The summed E-state index contributed by atoms with van der Waals surface area (Å²) in [5.41, 5.74) is 0.383. The van der Waals surface area contributed by atoms with Crippen LogP contribution in [0.3, 0.4) is 0 Å². The molecule has 3 heterocycles. The Hall–Kier alpha value is -2.00. The van der Waals surface area contributed by atoms with Crippen LogP contribution in [-0.2, 0) is 7.05 Å². The highest BCUT2D eigenvalue weighted by atomic mass is 32.2. The molecule has 0 saturated heterocycles. The summed E-state index contributed by atoms with van der Waals surface area (Å²) in [7, 11) is 1.79. The van der Waals surface area contributed by atoms with Crippen molar-refractivity contribution in [2.24, 2.45) is 7.05 Å². The van der Waals surface area contributed by atoms with Crippen LogP contribution >= 0.6 is 23.1 Å². The van der Waals surface area contributed by atoms with Crippen molar-refractivity contribution in [2.75, 3.05) is 5.75 Å². The molecular weight excluding hydrogens is 322 g/mol. The number of carbonyl (C=O) groups excluding carboxylic acids is 1. The number of tetrazole rings is 1. The Morgan fingerprint density at radius 2 is 2.41 bits per heavy atom. The minimum absolute atomic E-state index is 0.0109. The number of rotatable bonds is 7. The largest absolute Gasteiger partial charge is 0.355 e. The summed E-state index contributed by atoms with van der Waals surface area (Å²) in [6.07, 6.45) is 1.16. The number of carbonyl (C=O) groups is 1. The van der Waals surface area contributed by atoms with E-state index in [1.165, 1.54) is 11.8 Å².